The number of nitrogens with two attached hydrogens (primary N) is 1. The van der Waals surface area contributed by atoms with E-state index in [-0.39, 0.29) is 0 Å². The normalized spacial score (nSPS) is 10.4. The second-order valence-electron chi connectivity index (χ2n) is 4.07. The summed E-state index contributed by atoms with van der Waals surface area (Å²) < 4.78 is 5.25. The summed E-state index contributed by atoms with van der Waals surface area (Å²) in [6.07, 6.45) is 3.14. The van der Waals surface area contributed by atoms with E-state index in [1.165, 1.54) is 6.39 Å². The van der Waals surface area contributed by atoms with Gasteiger partial charge in [0.2, 0.25) is 0 Å². The third-order valence-corrected chi connectivity index (χ3v) is 2.85. The van der Waals surface area contributed by atoms with Crippen LogP contribution >= 0.6 is 0 Å². The molecule has 0 saturated heterocycles. The van der Waals surface area contributed by atoms with E-state index < -0.39 is 0 Å². The molecule has 0 aliphatic rings. The second kappa shape index (κ2) is 4.37. The van der Waals surface area contributed by atoms with Crippen LogP contribution in [-0.2, 0) is 0 Å². The van der Waals surface area contributed by atoms with Crippen molar-refractivity contribution >= 4 is 5.69 Å². The Morgan fingerprint density at radius 3 is 1.89 bits per heavy atom. The number of rotatable bonds is 2. The summed E-state index contributed by atoms with van der Waals surface area (Å²) in [5, 5.41) is 0. The van der Waals surface area contributed by atoms with Crippen LogP contribution in [-0.4, -0.2) is 4.98 Å². The zero-order valence-electron chi connectivity index (χ0n) is 9.71. The van der Waals surface area contributed by atoms with Gasteiger partial charge in [0.05, 0.1) is 6.20 Å². The fraction of sp³-hybridized carbons (Fsp3) is 0. The van der Waals surface area contributed by atoms with E-state index in [0.717, 1.165) is 28.1 Å². The molecule has 0 atom stereocenters. The van der Waals surface area contributed by atoms with Crippen LogP contribution in [0.4, 0.5) is 5.69 Å². The van der Waals surface area contributed by atoms with E-state index in [0.29, 0.717) is 0 Å². The first kappa shape index (κ1) is 10.6. The molecular formula is C15H12N2O. The lowest BCUT2D eigenvalue weighted by atomic mass is 10.0. The first-order valence-corrected chi connectivity index (χ1v) is 5.68. The highest BCUT2D eigenvalue weighted by molar-refractivity contribution is 5.69. The summed E-state index contributed by atoms with van der Waals surface area (Å²) in [5.41, 5.74) is 9.77. The SMILES string of the molecule is Nc1ccc(-c2ccc(-c3cnco3)cc2)cc1. The van der Waals surface area contributed by atoms with Gasteiger partial charge in [0.25, 0.3) is 0 Å². The molecule has 0 radical (unpaired) electrons. The maximum Gasteiger partial charge on any atom is 0.181 e. The minimum Gasteiger partial charge on any atom is -0.444 e. The number of anilines is 1. The van der Waals surface area contributed by atoms with Crippen LogP contribution in [0, 0.1) is 0 Å². The van der Waals surface area contributed by atoms with Crippen LogP contribution in [0.3, 0.4) is 0 Å². The Morgan fingerprint density at radius 1 is 0.778 bits per heavy atom. The van der Waals surface area contributed by atoms with Crippen molar-refractivity contribution in [1.29, 1.82) is 0 Å². The van der Waals surface area contributed by atoms with Gasteiger partial charge in [-0.3, -0.25) is 0 Å². The molecule has 0 fully saturated rings. The minimum atomic E-state index is 0.775. The van der Waals surface area contributed by atoms with Crippen molar-refractivity contribution in [2.75, 3.05) is 5.73 Å². The average Bonchev–Trinajstić information content (AvgIpc) is 2.94. The van der Waals surface area contributed by atoms with Gasteiger partial charge >= 0.3 is 0 Å². The maximum absolute atomic E-state index is 5.67. The molecule has 1 aromatic heterocycles. The predicted molar refractivity (Wildman–Crippen MR) is 71.8 cm³/mol. The van der Waals surface area contributed by atoms with E-state index in [4.69, 9.17) is 10.2 Å². The lowest BCUT2D eigenvalue weighted by molar-refractivity contribution is 0.572. The highest BCUT2D eigenvalue weighted by Gasteiger charge is 2.02. The Hall–Kier alpha value is -2.55. The van der Waals surface area contributed by atoms with Crippen LogP contribution in [0.15, 0.2) is 65.5 Å². The highest BCUT2D eigenvalue weighted by Crippen LogP contribution is 2.25. The summed E-state index contributed by atoms with van der Waals surface area (Å²) in [7, 11) is 0. The molecule has 3 heteroatoms. The molecule has 1 heterocycles. The molecule has 2 N–H and O–H groups in total. The first-order valence-electron chi connectivity index (χ1n) is 5.68. The van der Waals surface area contributed by atoms with Crippen LogP contribution in [0.5, 0.6) is 0 Å². The topological polar surface area (TPSA) is 52.0 Å². The summed E-state index contributed by atoms with van der Waals surface area (Å²) >= 11 is 0. The molecule has 0 amide bonds. The monoisotopic (exact) mass is 236 g/mol. The van der Waals surface area contributed by atoms with Crippen molar-refractivity contribution in [1.82, 2.24) is 4.98 Å². The van der Waals surface area contributed by atoms with Gasteiger partial charge in [0.15, 0.2) is 12.2 Å². The number of oxazole rings is 1. The fourth-order valence-corrected chi connectivity index (χ4v) is 1.86. The molecule has 0 bridgehead atoms. The molecule has 0 aliphatic carbocycles. The van der Waals surface area contributed by atoms with Crippen molar-refractivity contribution in [3.63, 3.8) is 0 Å². The third-order valence-electron chi connectivity index (χ3n) is 2.85. The van der Waals surface area contributed by atoms with Gasteiger partial charge in [-0.1, -0.05) is 36.4 Å². The van der Waals surface area contributed by atoms with E-state index in [1.807, 2.05) is 36.4 Å². The zero-order valence-corrected chi connectivity index (χ0v) is 9.71. The van der Waals surface area contributed by atoms with E-state index in [2.05, 4.69) is 17.1 Å². The Morgan fingerprint density at radius 2 is 1.33 bits per heavy atom. The largest absolute Gasteiger partial charge is 0.444 e. The van der Waals surface area contributed by atoms with E-state index in [9.17, 15) is 0 Å². The summed E-state index contributed by atoms with van der Waals surface area (Å²) in [5.74, 6) is 0.777. The predicted octanol–water partition coefficient (Wildman–Crippen LogP) is 3.59. The van der Waals surface area contributed by atoms with Gasteiger partial charge in [-0.05, 0) is 23.3 Å². The molecule has 88 valence electrons. The molecular weight excluding hydrogens is 224 g/mol. The standard InChI is InChI=1S/C15H12N2O/c16-14-7-5-12(6-8-14)11-1-3-13(4-2-11)15-9-17-10-18-15/h1-10H,16H2. The lowest BCUT2D eigenvalue weighted by Gasteiger charge is -2.03. The molecule has 0 unspecified atom stereocenters. The van der Waals surface area contributed by atoms with E-state index >= 15 is 0 Å². The molecule has 2 aromatic carbocycles. The number of aromatic nitrogens is 1. The van der Waals surface area contributed by atoms with E-state index in [1.54, 1.807) is 6.20 Å². The number of hydrogen-bond acceptors (Lipinski definition) is 3. The molecule has 18 heavy (non-hydrogen) atoms. The Labute approximate surface area is 105 Å². The Balaban J connectivity index is 1.94. The van der Waals surface area contributed by atoms with Crippen LogP contribution in [0.25, 0.3) is 22.5 Å². The molecule has 0 saturated carbocycles. The molecule has 0 spiro atoms. The maximum atomic E-state index is 5.67. The molecule has 3 aromatic rings. The van der Waals surface area contributed by atoms with Crippen LogP contribution in [0.1, 0.15) is 0 Å². The summed E-state index contributed by atoms with van der Waals surface area (Å²) in [4.78, 5) is 3.91. The van der Waals surface area contributed by atoms with Gasteiger partial charge in [0.1, 0.15) is 0 Å². The van der Waals surface area contributed by atoms with Crippen molar-refractivity contribution in [3.8, 4) is 22.5 Å². The summed E-state index contributed by atoms with van der Waals surface area (Å²) in [6.45, 7) is 0. The Kier molecular flexibility index (Phi) is 2.57. The number of nitrogen functional groups attached to an aromatic ring is 1. The number of hydrogen-bond donors (Lipinski definition) is 1. The number of benzene rings is 2. The molecule has 0 aliphatic heterocycles. The van der Waals surface area contributed by atoms with Crippen molar-refractivity contribution in [2.24, 2.45) is 0 Å². The van der Waals surface area contributed by atoms with Crippen molar-refractivity contribution in [3.05, 3.63) is 61.1 Å². The quantitative estimate of drug-likeness (QED) is 0.692. The van der Waals surface area contributed by atoms with Gasteiger partial charge in [-0.15, -0.1) is 0 Å². The van der Waals surface area contributed by atoms with Gasteiger partial charge in [-0.25, -0.2) is 4.98 Å². The van der Waals surface area contributed by atoms with Crippen molar-refractivity contribution in [2.45, 2.75) is 0 Å². The fourth-order valence-electron chi connectivity index (χ4n) is 1.86. The van der Waals surface area contributed by atoms with Gasteiger partial charge < -0.3 is 10.2 Å². The van der Waals surface area contributed by atoms with Crippen LogP contribution in [0.2, 0.25) is 0 Å². The lowest BCUT2D eigenvalue weighted by Crippen LogP contribution is -1.84. The second-order valence-corrected chi connectivity index (χ2v) is 4.07. The smallest absolute Gasteiger partial charge is 0.181 e. The minimum absolute atomic E-state index is 0.775. The third kappa shape index (κ3) is 1.98. The molecule has 3 nitrogen and oxygen atoms in total. The van der Waals surface area contributed by atoms with Crippen LogP contribution < -0.4 is 5.73 Å². The Bertz CT molecular complexity index is 625. The highest BCUT2D eigenvalue weighted by atomic mass is 16.3. The number of nitrogens with zero attached hydrogens (tertiary/aromatic N) is 1. The summed E-state index contributed by atoms with van der Waals surface area (Å²) in [6, 6.07) is 16.0. The molecule has 3 rings (SSSR count). The van der Waals surface area contributed by atoms with Gasteiger partial charge in [-0.2, -0.15) is 0 Å². The van der Waals surface area contributed by atoms with Gasteiger partial charge in [0, 0.05) is 11.3 Å². The average molecular weight is 236 g/mol. The van der Waals surface area contributed by atoms with Crippen molar-refractivity contribution < 1.29 is 4.42 Å². The zero-order chi connectivity index (χ0) is 12.4. The first-order chi connectivity index (χ1) is 8.83.